The van der Waals surface area contributed by atoms with Crippen molar-refractivity contribution in [1.29, 1.82) is 0 Å². The van der Waals surface area contributed by atoms with Gasteiger partial charge in [-0.25, -0.2) is 4.79 Å². The van der Waals surface area contributed by atoms with Crippen LogP contribution in [-0.4, -0.2) is 90.8 Å². The molecule has 0 radical (unpaired) electrons. The molecule has 2 aliphatic rings. The van der Waals surface area contributed by atoms with E-state index < -0.39 is 72.5 Å². The fourth-order valence-corrected chi connectivity index (χ4v) is 4.89. The fourth-order valence-electron chi connectivity index (χ4n) is 4.89. The van der Waals surface area contributed by atoms with Crippen molar-refractivity contribution in [2.24, 2.45) is 5.92 Å². The summed E-state index contributed by atoms with van der Waals surface area (Å²) in [4.78, 5) is 24.1. The zero-order chi connectivity index (χ0) is 22.7. The Morgan fingerprint density at radius 3 is 2.53 bits per heavy atom. The molecule has 1 aliphatic heterocycles. The highest BCUT2D eigenvalue weighted by atomic mass is 16.6. The molecule has 0 bridgehead atoms. The number of aliphatic hydroxyl groups is 5. The highest BCUT2D eigenvalue weighted by Crippen LogP contribution is 2.50. The van der Waals surface area contributed by atoms with Crippen LogP contribution in [0, 0.1) is 5.92 Å². The summed E-state index contributed by atoms with van der Waals surface area (Å²) in [6, 6.07) is -1.25. The number of carboxylic acid groups (broad SMARTS) is 1. The molecule has 1 amide bonds. The molecule has 0 spiro atoms. The number of aliphatic hydroxyl groups excluding tert-OH is 4. The zero-order valence-electron chi connectivity index (χ0n) is 17.1. The third kappa shape index (κ3) is 4.39. The van der Waals surface area contributed by atoms with Crippen molar-refractivity contribution < 1.29 is 45.0 Å². The number of carbonyl (C=O) groups is 2. The highest BCUT2D eigenvalue weighted by molar-refractivity contribution is 5.80. The molecule has 2 unspecified atom stereocenters. The van der Waals surface area contributed by atoms with Crippen LogP contribution in [0.5, 0.6) is 0 Å². The maximum atomic E-state index is 12.5. The molecule has 2 fully saturated rings. The predicted molar refractivity (Wildman–Crippen MR) is 104 cm³/mol. The first-order chi connectivity index (χ1) is 14.0. The summed E-state index contributed by atoms with van der Waals surface area (Å²) in [6.45, 7) is 3.99. The number of allylic oxidation sites excluding steroid dienone is 1. The number of carbonyl (C=O) groups excluding carboxylic acids is 1. The van der Waals surface area contributed by atoms with Gasteiger partial charge in [-0.3, -0.25) is 4.79 Å². The van der Waals surface area contributed by atoms with Gasteiger partial charge in [-0.2, -0.15) is 0 Å². The maximum Gasteiger partial charge on any atom is 0.339 e. The molecule has 7 N–H and O–H groups in total. The Labute approximate surface area is 175 Å². The van der Waals surface area contributed by atoms with Crippen LogP contribution in [0.3, 0.4) is 0 Å². The standard InChI is InChI=1S/C20H33NO9/c1-3-6-12-7-4-5-8-19(12,29)20(18(27)28)9-13(24)15(21-11(2)23)17(30-20)16(26)14(25)10-22/h3,12-17,22,24-26,29H,1,4-10H2,2H3,(H,21,23)(H,27,28)/t12?,13-,14+,15+,16+,17+,19?,20+/m0/s1. The van der Waals surface area contributed by atoms with Crippen molar-refractivity contribution in [2.75, 3.05) is 6.61 Å². The molecule has 172 valence electrons. The summed E-state index contributed by atoms with van der Waals surface area (Å²) < 4.78 is 5.84. The average Bonchev–Trinajstić information content (AvgIpc) is 2.69. The minimum absolute atomic E-state index is 0.0979. The van der Waals surface area contributed by atoms with E-state index in [-0.39, 0.29) is 6.42 Å². The predicted octanol–water partition coefficient (Wildman–Crippen LogP) is -1.32. The number of amides is 1. The smallest absolute Gasteiger partial charge is 0.339 e. The van der Waals surface area contributed by atoms with E-state index in [2.05, 4.69) is 11.9 Å². The van der Waals surface area contributed by atoms with Gasteiger partial charge in [-0.1, -0.05) is 18.9 Å². The van der Waals surface area contributed by atoms with Crippen molar-refractivity contribution in [3.63, 3.8) is 0 Å². The van der Waals surface area contributed by atoms with Crippen LogP contribution in [0.1, 0.15) is 45.4 Å². The number of ether oxygens (including phenoxy) is 1. The van der Waals surface area contributed by atoms with Gasteiger partial charge < -0.3 is 40.7 Å². The molecule has 0 aromatic carbocycles. The monoisotopic (exact) mass is 431 g/mol. The van der Waals surface area contributed by atoms with Gasteiger partial charge in [0, 0.05) is 13.3 Å². The number of hydrogen-bond acceptors (Lipinski definition) is 8. The van der Waals surface area contributed by atoms with Crippen LogP contribution in [0.25, 0.3) is 0 Å². The van der Waals surface area contributed by atoms with Crippen molar-refractivity contribution in [2.45, 2.75) is 87.1 Å². The van der Waals surface area contributed by atoms with E-state index in [1.54, 1.807) is 6.08 Å². The first-order valence-electron chi connectivity index (χ1n) is 10.2. The Bertz CT molecular complexity index is 644. The second-order valence-electron chi connectivity index (χ2n) is 8.34. The lowest BCUT2D eigenvalue weighted by Gasteiger charge is -2.56. The quantitative estimate of drug-likeness (QED) is 0.230. The molecule has 30 heavy (non-hydrogen) atoms. The van der Waals surface area contributed by atoms with Crippen LogP contribution in [0.2, 0.25) is 0 Å². The van der Waals surface area contributed by atoms with Crippen LogP contribution in [-0.2, 0) is 14.3 Å². The van der Waals surface area contributed by atoms with Gasteiger partial charge in [-0.15, -0.1) is 6.58 Å². The lowest BCUT2D eigenvalue weighted by molar-refractivity contribution is -0.290. The van der Waals surface area contributed by atoms with Gasteiger partial charge in [-0.05, 0) is 25.2 Å². The topological polar surface area (TPSA) is 177 Å². The van der Waals surface area contributed by atoms with Gasteiger partial charge in [0.05, 0.1) is 18.8 Å². The summed E-state index contributed by atoms with van der Waals surface area (Å²) in [5.74, 6) is -2.59. The van der Waals surface area contributed by atoms with Crippen LogP contribution in [0.4, 0.5) is 0 Å². The molecule has 0 aromatic heterocycles. The van der Waals surface area contributed by atoms with Gasteiger partial charge >= 0.3 is 5.97 Å². The lowest BCUT2D eigenvalue weighted by Crippen LogP contribution is -2.74. The molecule has 1 saturated carbocycles. The Morgan fingerprint density at radius 2 is 2.00 bits per heavy atom. The largest absolute Gasteiger partial charge is 0.479 e. The minimum Gasteiger partial charge on any atom is -0.479 e. The van der Waals surface area contributed by atoms with Gasteiger partial charge in [0.2, 0.25) is 5.91 Å². The van der Waals surface area contributed by atoms with Gasteiger partial charge in [0.15, 0.2) is 5.60 Å². The number of hydrogen-bond donors (Lipinski definition) is 7. The van der Waals surface area contributed by atoms with E-state index in [4.69, 9.17) is 4.74 Å². The van der Waals surface area contributed by atoms with E-state index in [0.717, 1.165) is 6.42 Å². The summed E-state index contributed by atoms with van der Waals surface area (Å²) in [7, 11) is 0. The molecular weight excluding hydrogens is 398 g/mol. The second kappa shape index (κ2) is 9.71. The Hall–Kier alpha value is -1.56. The SMILES string of the molecule is C=CCC1CCCCC1(O)[C@]1(C(=O)O)C[C@H](O)[C@@H](NC(C)=O)[C@H]([C@H](O)[C@H](O)CO)O1. The van der Waals surface area contributed by atoms with Crippen molar-refractivity contribution in [3.05, 3.63) is 12.7 Å². The van der Waals surface area contributed by atoms with Crippen LogP contribution >= 0.6 is 0 Å². The number of nitrogens with one attached hydrogen (secondary N) is 1. The fraction of sp³-hybridized carbons (Fsp3) is 0.800. The first kappa shape index (κ1) is 24.7. The summed E-state index contributed by atoms with van der Waals surface area (Å²) >= 11 is 0. The molecular formula is C20H33NO9. The molecule has 10 nitrogen and oxygen atoms in total. The third-order valence-corrected chi connectivity index (χ3v) is 6.42. The molecule has 10 heteroatoms. The van der Waals surface area contributed by atoms with Crippen LogP contribution in [0.15, 0.2) is 12.7 Å². The van der Waals surface area contributed by atoms with Gasteiger partial charge in [0.25, 0.3) is 0 Å². The number of rotatable bonds is 8. The lowest BCUT2D eigenvalue weighted by atomic mass is 9.61. The summed E-state index contributed by atoms with van der Waals surface area (Å²) in [5, 5.41) is 64.7. The first-order valence-corrected chi connectivity index (χ1v) is 10.2. The number of aliphatic carboxylic acids is 1. The van der Waals surface area contributed by atoms with E-state index in [0.29, 0.717) is 19.3 Å². The molecule has 2 rings (SSSR count). The third-order valence-electron chi connectivity index (χ3n) is 6.42. The minimum atomic E-state index is -2.30. The highest BCUT2D eigenvalue weighted by Gasteiger charge is 2.66. The number of carboxylic acids is 1. The van der Waals surface area contributed by atoms with Crippen molar-refractivity contribution in [3.8, 4) is 0 Å². The Morgan fingerprint density at radius 1 is 1.33 bits per heavy atom. The van der Waals surface area contributed by atoms with Gasteiger partial charge in [0.1, 0.15) is 23.9 Å². The molecule has 0 aromatic rings. The Kier molecular flexibility index (Phi) is 8.00. The normalized spacial score (nSPS) is 39.0. The summed E-state index contributed by atoms with van der Waals surface area (Å²) in [5.41, 5.74) is -4.17. The van der Waals surface area contributed by atoms with E-state index in [1.807, 2.05) is 0 Å². The zero-order valence-corrected chi connectivity index (χ0v) is 17.1. The second-order valence-corrected chi connectivity index (χ2v) is 8.34. The van der Waals surface area contributed by atoms with Crippen molar-refractivity contribution in [1.82, 2.24) is 5.32 Å². The molecule has 1 heterocycles. The van der Waals surface area contributed by atoms with Crippen LogP contribution < -0.4 is 5.32 Å². The van der Waals surface area contributed by atoms with Crippen molar-refractivity contribution >= 4 is 11.9 Å². The molecule has 1 aliphatic carbocycles. The summed E-state index contributed by atoms with van der Waals surface area (Å²) in [6.07, 6.45) is -3.31. The molecule has 1 saturated heterocycles. The molecule has 8 atom stereocenters. The average molecular weight is 431 g/mol. The van der Waals surface area contributed by atoms with E-state index in [1.165, 1.54) is 6.92 Å². The van der Waals surface area contributed by atoms with E-state index in [9.17, 15) is 40.2 Å². The maximum absolute atomic E-state index is 12.5. The van der Waals surface area contributed by atoms with E-state index >= 15 is 0 Å². The Balaban J connectivity index is 2.55.